The van der Waals surface area contributed by atoms with Gasteiger partial charge in [-0.05, 0) is 36.8 Å². The number of aryl methyl sites for hydroxylation is 1. The van der Waals surface area contributed by atoms with Crippen LogP contribution in [0.1, 0.15) is 22.3 Å². The lowest BCUT2D eigenvalue weighted by Crippen LogP contribution is -2.41. The van der Waals surface area contributed by atoms with Crippen molar-refractivity contribution < 1.29 is 14.3 Å². The Bertz CT molecular complexity index is 1180. The summed E-state index contributed by atoms with van der Waals surface area (Å²) in [6.07, 6.45) is 1.58. The largest absolute Gasteiger partial charge is 0.378 e. The molecule has 2 amide bonds. The van der Waals surface area contributed by atoms with E-state index in [4.69, 9.17) is 4.74 Å². The smallest absolute Gasteiger partial charge is 0.261 e. The second-order valence-corrected chi connectivity index (χ2v) is 7.44. The molecule has 0 radical (unpaired) electrons. The molecule has 0 spiro atoms. The number of nitrogens with zero attached hydrogens (tertiary/aromatic N) is 3. The quantitative estimate of drug-likeness (QED) is 0.683. The molecule has 4 rings (SSSR count). The number of fused-ring (bicyclic) bond motifs is 1. The fraction of sp³-hybridized carbons (Fsp3) is 0.304. The van der Waals surface area contributed by atoms with E-state index in [1.54, 1.807) is 41.3 Å². The first-order valence-electron chi connectivity index (χ1n) is 10.3. The van der Waals surface area contributed by atoms with Crippen molar-refractivity contribution >= 4 is 28.4 Å². The second-order valence-electron chi connectivity index (χ2n) is 7.44. The van der Waals surface area contributed by atoms with Crippen LogP contribution in [0.5, 0.6) is 0 Å². The van der Waals surface area contributed by atoms with Gasteiger partial charge >= 0.3 is 0 Å². The molecule has 2 heterocycles. The normalized spacial score (nSPS) is 13.9. The summed E-state index contributed by atoms with van der Waals surface area (Å²) >= 11 is 0. The number of nitrogens with one attached hydrogen (secondary N) is 1. The molecule has 8 heteroatoms. The zero-order chi connectivity index (χ0) is 21.8. The van der Waals surface area contributed by atoms with E-state index < -0.39 is 0 Å². The van der Waals surface area contributed by atoms with E-state index in [1.165, 1.54) is 10.9 Å². The molecule has 160 valence electrons. The number of benzene rings is 2. The van der Waals surface area contributed by atoms with Gasteiger partial charge in [-0.3, -0.25) is 19.0 Å². The lowest BCUT2D eigenvalue weighted by molar-refractivity contribution is -0.116. The maximum Gasteiger partial charge on any atom is 0.261 e. The number of aromatic nitrogens is 2. The van der Waals surface area contributed by atoms with Gasteiger partial charge in [0.2, 0.25) is 5.91 Å². The van der Waals surface area contributed by atoms with Crippen LogP contribution >= 0.6 is 0 Å². The molecular formula is C23H24N4O4. The third-order valence-electron chi connectivity index (χ3n) is 5.45. The molecular weight excluding hydrogens is 396 g/mol. The van der Waals surface area contributed by atoms with Gasteiger partial charge in [-0.1, -0.05) is 18.2 Å². The zero-order valence-corrected chi connectivity index (χ0v) is 17.3. The summed E-state index contributed by atoms with van der Waals surface area (Å²) in [5, 5.41) is 3.39. The molecule has 3 aromatic rings. The first-order valence-corrected chi connectivity index (χ1v) is 10.3. The van der Waals surface area contributed by atoms with Crippen LogP contribution in [0, 0.1) is 6.92 Å². The minimum absolute atomic E-state index is 0.0642. The average Bonchev–Trinajstić information content (AvgIpc) is 2.80. The number of rotatable bonds is 5. The van der Waals surface area contributed by atoms with Crippen molar-refractivity contribution in [1.82, 2.24) is 14.5 Å². The molecule has 0 bridgehead atoms. The molecule has 0 aliphatic carbocycles. The first-order chi connectivity index (χ1) is 15.0. The van der Waals surface area contributed by atoms with Crippen LogP contribution in [-0.4, -0.2) is 52.6 Å². The fourth-order valence-electron chi connectivity index (χ4n) is 3.64. The van der Waals surface area contributed by atoms with Gasteiger partial charge in [-0.15, -0.1) is 0 Å². The van der Waals surface area contributed by atoms with Crippen LogP contribution in [0.4, 0.5) is 5.69 Å². The lowest BCUT2D eigenvalue weighted by Gasteiger charge is -2.27. The third kappa shape index (κ3) is 4.49. The molecule has 0 saturated carbocycles. The second kappa shape index (κ2) is 9.09. The number of carbonyl (C=O) groups excluding carboxylic acids is 2. The van der Waals surface area contributed by atoms with Gasteiger partial charge in [0.15, 0.2) is 0 Å². The van der Waals surface area contributed by atoms with Crippen molar-refractivity contribution in [3.05, 3.63) is 70.3 Å². The monoisotopic (exact) mass is 420 g/mol. The third-order valence-corrected chi connectivity index (χ3v) is 5.45. The SMILES string of the molecule is Cc1c(NC(=O)CCn2cnc3ccccc3c2=O)cccc1C(=O)N1CCOCC1. The Morgan fingerprint density at radius 1 is 1.10 bits per heavy atom. The number of hydrogen-bond donors (Lipinski definition) is 1. The van der Waals surface area contributed by atoms with E-state index in [0.717, 1.165) is 5.56 Å². The number of amides is 2. The molecule has 31 heavy (non-hydrogen) atoms. The van der Waals surface area contributed by atoms with E-state index in [2.05, 4.69) is 10.3 Å². The van der Waals surface area contributed by atoms with Gasteiger partial charge in [0, 0.05) is 37.3 Å². The first kappa shape index (κ1) is 20.7. The Kier molecular flexibility index (Phi) is 6.08. The van der Waals surface area contributed by atoms with Gasteiger partial charge < -0.3 is 15.0 Å². The van der Waals surface area contributed by atoms with Crippen molar-refractivity contribution in [2.45, 2.75) is 19.9 Å². The van der Waals surface area contributed by atoms with Crippen LogP contribution in [0.2, 0.25) is 0 Å². The summed E-state index contributed by atoms with van der Waals surface area (Å²) < 4.78 is 6.75. The van der Waals surface area contributed by atoms with E-state index >= 15 is 0 Å². The van der Waals surface area contributed by atoms with Gasteiger partial charge in [0.25, 0.3) is 11.5 Å². The average molecular weight is 420 g/mol. The number of morpholine rings is 1. The Balaban J connectivity index is 1.44. The molecule has 1 aliphatic rings. The predicted molar refractivity (Wildman–Crippen MR) is 117 cm³/mol. The topological polar surface area (TPSA) is 93.5 Å². The summed E-state index contributed by atoms with van der Waals surface area (Å²) in [5.74, 6) is -0.301. The Morgan fingerprint density at radius 2 is 1.87 bits per heavy atom. The number of carbonyl (C=O) groups is 2. The summed E-state index contributed by atoms with van der Waals surface area (Å²) in [7, 11) is 0. The summed E-state index contributed by atoms with van der Waals surface area (Å²) in [5.41, 5.74) is 2.33. The minimum atomic E-state index is -0.237. The highest BCUT2D eigenvalue weighted by Gasteiger charge is 2.21. The zero-order valence-electron chi connectivity index (χ0n) is 17.3. The number of hydrogen-bond acceptors (Lipinski definition) is 5. The van der Waals surface area contributed by atoms with Gasteiger partial charge in [-0.25, -0.2) is 4.98 Å². The van der Waals surface area contributed by atoms with Crippen LogP contribution in [0.25, 0.3) is 10.9 Å². The lowest BCUT2D eigenvalue weighted by atomic mass is 10.0. The van der Waals surface area contributed by atoms with Crippen molar-refractivity contribution in [1.29, 1.82) is 0 Å². The van der Waals surface area contributed by atoms with Crippen molar-refractivity contribution in [3.8, 4) is 0 Å². The van der Waals surface area contributed by atoms with Crippen molar-refractivity contribution in [2.24, 2.45) is 0 Å². The molecule has 1 fully saturated rings. The number of ether oxygens (including phenoxy) is 1. The van der Waals surface area contributed by atoms with E-state index in [1.807, 2.05) is 13.0 Å². The highest BCUT2D eigenvalue weighted by molar-refractivity contribution is 5.99. The number of para-hydroxylation sites is 1. The maximum atomic E-state index is 12.8. The number of anilines is 1. The summed E-state index contributed by atoms with van der Waals surface area (Å²) in [6.45, 7) is 4.22. The van der Waals surface area contributed by atoms with Crippen molar-refractivity contribution in [2.75, 3.05) is 31.6 Å². The standard InChI is InChI=1S/C23H24N4O4/c1-16-17(22(29)26-11-13-31-14-12-26)6-4-8-19(16)25-21(28)9-10-27-15-24-20-7-3-2-5-18(20)23(27)30/h2-8,15H,9-14H2,1H3,(H,25,28). The van der Waals surface area contributed by atoms with Gasteiger partial charge in [-0.2, -0.15) is 0 Å². The van der Waals surface area contributed by atoms with Gasteiger partial charge in [0.1, 0.15) is 0 Å². The van der Waals surface area contributed by atoms with Crippen LogP contribution < -0.4 is 10.9 Å². The van der Waals surface area contributed by atoms with Crippen LogP contribution in [0.3, 0.4) is 0 Å². The molecule has 1 saturated heterocycles. The fourth-order valence-corrected chi connectivity index (χ4v) is 3.64. The van der Waals surface area contributed by atoms with Crippen LogP contribution in [-0.2, 0) is 16.1 Å². The Labute approximate surface area is 179 Å². The molecule has 1 aromatic heterocycles. The maximum absolute atomic E-state index is 12.8. The van der Waals surface area contributed by atoms with Crippen LogP contribution in [0.15, 0.2) is 53.6 Å². The molecule has 8 nitrogen and oxygen atoms in total. The highest BCUT2D eigenvalue weighted by Crippen LogP contribution is 2.21. The summed E-state index contributed by atoms with van der Waals surface area (Å²) in [6, 6.07) is 12.4. The van der Waals surface area contributed by atoms with Gasteiger partial charge in [0.05, 0.1) is 30.4 Å². The Morgan fingerprint density at radius 3 is 2.68 bits per heavy atom. The Hall–Kier alpha value is -3.52. The van der Waals surface area contributed by atoms with E-state index in [9.17, 15) is 14.4 Å². The molecule has 0 atom stereocenters. The predicted octanol–water partition coefficient (Wildman–Crippen LogP) is 2.21. The minimum Gasteiger partial charge on any atom is -0.378 e. The summed E-state index contributed by atoms with van der Waals surface area (Å²) in [4.78, 5) is 44.0. The molecule has 1 aliphatic heterocycles. The van der Waals surface area contributed by atoms with E-state index in [-0.39, 0.29) is 30.3 Å². The highest BCUT2D eigenvalue weighted by atomic mass is 16.5. The molecule has 2 aromatic carbocycles. The molecule has 1 N–H and O–H groups in total. The van der Waals surface area contributed by atoms with E-state index in [0.29, 0.717) is 48.5 Å². The van der Waals surface area contributed by atoms with Crippen molar-refractivity contribution in [3.63, 3.8) is 0 Å². The molecule has 0 unspecified atom stereocenters.